The molecule has 1 aromatic carbocycles. The Labute approximate surface area is 117 Å². The maximum absolute atomic E-state index is 12.7. The van der Waals surface area contributed by atoms with Crippen LogP contribution in [0.4, 0.5) is 18.9 Å². The van der Waals surface area contributed by atoms with Crippen molar-refractivity contribution in [3.05, 3.63) is 52.4 Å². The minimum Gasteiger partial charge on any atom is -0.440 e. The average molecular weight is 304 g/mol. The van der Waals surface area contributed by atoms with Gasteiger partial charge in [0.15, 0.2) is 11.0 Å². The summed E-state index contributed by atoms with van der Waals surface area (Å²) in [5, 5.41) is 2.34. The molecule has 1 heterocycles. The van der Waals surface area contributed by atoms with E-state index in [9.17, 15) is 18.0 Å². The van der Waals surface area contributed by atoms with Crippen molar-refractivity contribution in [3.63, 3.8) is 0 Å². The van der Waals surface area contributed by atoms with Gasteiger partial charge in [-0.25, -0.2) is 0 Å². The van der Waals surface area contributed by atoms with Gasteiger partial charge in [-0.3, -0.25) is 4.79 Å². The lowest BCUT2D eigenvalue weighted by Gasteiger charge is -2.12. The summed E-state index contributed by atoms with van der Waals surface area (Å²) in [6.07, 6.45) is -4.47. The van der Waals surface area contributed by atoms with Crippen molar-refractivity contribution >= 4 is 23.2 Å². The molecule has 1 aromatic heterocycles. The Kier molecular flexibility index (Phi) is 3.76. The third kappa shape index (κ3) is 3.14. The molecule has 0 saturated heterocycles. The standard InChI is InChI=1S/C13H9ClF3NO2/c1-7-2-3-8(6-9(7)13(15,16)17)18-12(19)10-4-5-11(14)20-10/h2-6H,1H3,(H,18,19). The molecule has 0 bridgehead atoms. The zero-order chi connectivity index (χ0) is 14.9. The monoisotopic (exact) mass is 303 g/mol. The molecule has 0 aliphatic heterocycles. The topological polar surface area (TPSA) is 42.2 Å². The Balaban J connectivity index is 2.24. The van der Waals surface area contributed by atoms with E-state index in [1.54, 1.807) is 0 Å². The van der Waals surface area contributed by atoms with E-state index in [2.05, 4.69) is 5.32 Å². The van der Waals surface area contributed by atoms with E-state index in [1.165, 1.54) is 31.2 Å². The normalized spacial score (nSPS) is 11.4. The number of amides is 1. The van der Waals surface area contributed by atoms with Gasteiger partial charge >= 0.3 is 6.18 Å². The lowest BCUT2D eigenvalue weighted by atomic mass is 10.1. The van der Waals surface area contributed by atoms with Crippen molar-refractivity contribution in [2.45, 2.75) is 13.1 Å². The number of nitrogens with one attached hydrogen (secondary N) is 1. The molecule has 0 saturated carbocycles. The number of hydrogen-bond acceptors (Lipinski definition) is 2. The summed E-state index contributed by atoms with van der Waals surface area (Å²) in [6.45, 7) is 1.35. The van der Waals surface area contributed by atoms with Crippen LogP contribution in [0.5, 0.6) is 0 Å². The predicted octanol–water partition coefficient (Wildman–Crippen LogP) is 4.51. The number of anilines is 1. The first-order valence-corrected chi connectivity index (χ1v) is 5.89. The number of halogens is 4. The van der Waals surface area contributed by atoms with Crippen LogP contribution in [0, 0.1) is 6.92 Å². The molecule has 3 nitrogen and oxygen atoms in total. The van der Waals surface area contributed by atoms with Gasteiger partial charge in [-0.15, -0.1) is 0 Å². The fourth-order valence-corrected chi connectivity index (χ4v) is 1.78. The minimum atomic E-state index is -4.47. The van der Waals surface area contributed by atoms with E-state index in [4.69, 9.17) is 16.0 Å². The number of rotatable bonds is 2. The van der Waals surface area contributed by atoms with E-state index in [0.717, 1.165) is 6.07 Å². The first kappa shape index (κ1) is 14.5. The molecule has 20 heavy (non-hydrogen) atoms. The molecule has 0 aliphatic rings. The molecule has 0 fully saturated rings. The van der Waals surface area contributed by atoms with Crippen molar-refractivity contribution in [3.8, 4) is 0 Å². The van der Waals surface area contributed by atoms with E-state index >= 15 is 0 Å². The van der Waals surface area contributed by atoms with Crippen LogP contribution in [-0.2, 0) is 6.18 Å². The molecule has 0 unspecified atom stereocenters. The first-order chi connectivity index (χ1) is 9.27. The summed E-state index contributed by atoms with van der Waals surface area (Å²) >= 11 is 5.52. The van der Waals surface area contributed by atoms with Gasteiger partial charge in [0.2, 0.25) is 0 Å². The summed E-state index contributed by atoms with van der Waals surface area (Å²) in [4.78, 5) is 11.7. The lowest BCUT2D eigenvalue weighted by Crippen LogP contribution is -2.13. The fraction of sp³-hybridized carbons (Fsp3) is 0.154. The van der Waals surface area contributed by atoms with Gasteiger partial charge in [0.25, 0.3) is 5.91 Å². The summed E-state index contributed by atoms with van der Waals surface area (Å²) in [5.74, 6) is -0.752. The molecule has 0 radical (unpaired) electrons. The maximum Gasteiger partial charge on any atom is 0.416 e. The molecule has 1 N–H and O–H groups in total. The summed E-state index contributed by atoms with van der Waals surface area (Å²) < 4.78 is 43.1. The van der Waals surface area contributed by atoms with Crippen molar-refractivity contribution in [2.24, 2.45) is 0 Å². The number of benzene rings is 1. The minimum absolute atomic E-state index is 0.0232. The second-order valence-corrected chi connectivity index (χ2v) is 4.46. The molecule has 1 amide bonds. The van der Waals surface area contributed by atoms with Crippen LogP contribution in [0.15, 0.2) is 34.7 Å². The molecule has 106 valence electrons. The van der Waals surface area contributed by atoms with Gasteiger partial charge in [0, 0.05) is 5.69 Å². The molecule has 2 rings (SSSR count). The quantitative estimate of drug-likeness (QED) is 0.886. The Hall–Kier alpha value is -1.95. The summed E-state index contributed by atoms with van der Waals surface area (Å²) in [7, 11) is 0. The van der Waals surface area contributed by atoms with Crippen LogP contribution in [0.2, 0.25) is 5.22 Å². The Bertz CT molecular complexity index is 649. The molecule has 0 atom stereocenters. The van der Waals surface area contributed by atoms with Crippen LogP contribution in [0.3, 0.4) is 0 Å². The predicted molar refractivity (Wildman–Crippen MR) is 67.9 cm³/mol. The van der Waals surface area contributed by atoms with Crippen LogP contribution < -0.4 is 5.32 Å². The second-order valence-electron chi connectivity index (χ2n) is 4.09. The van der Waals surface area contributed by atoms with Crippen molar-refractivity contribution in [1.82, 2.24) is 0 Å². The molecular weight excluding hydrogens is 295 g/mol. The van der Waals surface area contributed by atoms with Crippen LogP contribution in [-0.4, -0.2) is 5.91 Å². The SMILES string of the molecule is Cc1ccc(NC(=O)c2ccc(Cl)o2)cc1C(F)(F)F. The average Bonchev–Trinajstić information content (AvgIpc) is 2.77. The molecular formula is C13H9ClF3NO2. The van der Waals surface area contributed by atoms with Crippen LogP contribution >= 0.6 is 11.6 Å². The molecule has 7 heteroatoms. The Morgan fingerprint density at radius 3 is 2.50 bits per heavy atom. The van der Waals surface area contributed by atoms with Gasteiger partial charge in [0.1, 0.15) is 0 Å². The smallest absolute Gasteiger partial charge is 0.416 e. The third-order valence-electron chi connectivity index (χ3n) is 2.60. The highest BCUT2D eigenvalue weighted by Gasteiger charge is 2.32. The van der Waals surface area contributed by atoms with Crippen molar-refractivity contribution < 1.29 is 22.4 Å². The fourth-order valence-electron chi connectivity index (χ4n) is 1.63. The number of carbonyl (C=O) groups is 1. The maximum atomic E-state index is 12.7. The van der Waals surface area contributed by atoms with E-state index < -0.39 is 17.6 Å². The second kappa shape index (κ2) is 5.20. The Morgan fingerprint density at radius 1 is 1.25 bits per heavy atom. The summed E-state index contributed by atoms with van der Waals surface area (Å²) in [6, 6.07) is 6.24. The van der Waals surface area contributed by atoms with E-state index in [0.29, 0.717) is 0 Å². The largest absolute Gasteiger partial charge is 0.440 e. The summed E-state index contributed by atoms with van der Waals surface area (Å²) in [5.41, 5.74) is -0.690. The number of alkyl halides is 3. The number of aryl methyl sites for hydroxylation is 1. The highest BCUT2D eigenvalue weighted by Crippen LogP contribution is 2.33. The highest BCUT2D eigenvalue weighted by molar-refractivity contribution is 6.29. The van der Waals surface area contributed by atoms with Crippen LogP contribution in [0.25, 0.3) is 0 Å². The first-order valence-electron chi connectivity index (χ1n) is 5.52. The van der Waals surface area contributed by atoms with Crippen molar-refractivity contribution in [1.29, 1.82) is 0 Å². The highest BCUT2D eigenvalue weighted by atomic mass is 35.5. The molecule has 2 aromatic rings. The number of carbonyl (C=O) groups excluding carboxylic acids is 1. The van der Waals surface area contributed by atoms with Gasteiger partial charge < -0.3 is 9.73 Å². The van der Waals surface area contributed by atoms with Gasteiger partial charge in [-0.05, 0) is 48.4 Å². The molecule has 0 spiro atoms. The third-order valence-corrected chi connectivity index (χ3v) is 2.80. The lowest BCUT2D eigenvalue weighted by molar-refractivity contribution is -0.138. The number of hydrogen-bond donors (Lipinski definition) is 1. The van der Waals surface area contributed by atoms with Crippen molar-refractivity contribution in [2.75, 3.05) is 5.32 Å². The zero-order valence-electron chi connectivity index (χ0n) is 10.2. The van der Waals surface area contributed by atoms with Crippen LogP contribution in [0.1, 0.15) is 21.7 Å². The van der Waals surface area contributed by atoms with Gasteiger partial charge in [-0.1, -0.05) is 6.07 Å². The number of furan rings is 1. The Morgan fingerprint density at radius 2 is 1.95 bits per heavy atom. The molecule has 0 aliphatic carbocycles. The zero-order valence-corrected chi connectivity index (χ0v) is 11.0. The van der Waals surface area contributed by atoms with Gasteiger partial charge in [0.05, 0.1) is 5.56 Å². The van der Waals surface area contributed by atoms with E-state index in [-0.39, 0.29) is 22.2 Å². The van der Waals surface area contributed by atoms with E-state index in [1.807, 2.05) is 0 Å². The van der Waals surface area contributed by atoms with Gasteiger partial charge in [-0.2, -0.15) is 13.2 Å².